The number of halogens is 2. The Hall–Kier alpha value is -3.31. The quantitative estimate of drug-likeness (QED) is 0.449. The van der Waals surface area contributed by atoms with Gasteiger partial charge in [-0.05, 0) is 49.2 Å². The first kappa shape index (κ1) is 22.4. The summed E-state index contributed by atoms with van der Waals surface area (Å²) in [5, 5.41) is 10.7. The molecule has 0 aliphatic carbocycles. The number of fused-ring (bicyclic) bond motifs is 1. The third-order valence-electron chi connectivity index (χ3n) is 4.64. The Morgan fingerprint density at radius 2 is 1.77 bits per heavy atom. The van der Waals surface area contributed by atoms with Gasteiger partial charge in [0.05, 0.1) is 22.4 Å². The van der Waals surface area contributed by atoms with Gasteiger partial charge >= 0.3 is 0 Å². The van der Waals surface area contributed by atoms with Gasteiger partial charge in [0, 0.05) is 0 Å². The smallest absolute Gasteiger partial charge is 0.269 e. The lowest BCUT2D eigenvalue weighted by atomic mass is 10.2. The highest BCUT2D eigenvalue weighted by Crippen LogP contribution is 2.35. The summed E-state index contributed by atoms with van der Waals surface area (Å²) in [7, 11) is -4.52. The standard InChI is InChI=1S/C20H19F2N3O5S/c1-9-5-10(2)7-11(6-9)31(29,30)18-15-13(4-3-12(21)16(15)22)24-17(18)20(28)25-14(8-26)19(23)27/h3-7,14,24,26H,8H2,1-2H3,(H2,23,27)(H,25,28). The van der Waals surface area contributed by atoms with E-state index in [1.165, 1.54) is 12.1 Å². The molecule has 0 bridgehead atoms. The summed E-state index contributed by atoms with van der Waals surface area (Å²) in [6.07, 6.45) is 0. The SMILES string of the molecule is Cc1cc(C)cc(S(=O)(=O)c2c(C(=O)NC(CO)C(N)=O)[nH]c3ccc(F)c(F)c23)c1. The molecule has 0 aliphatic heterocycles. The summed E-state index contributed by atoms with van der Waals surface area (Å²) in [6, 6.07) is 4.74. The molecular weight excluding hydrogens is 432 g/mol. The number of hydrogen-bond donors (Lipinski definition) is 4. The molecule has 3 aromatic rings. The average molecular weight is 451 g/mol. The van der Waals surface area contributed by atoms with Gasteiger partial charge in [0.1, 0.15) is 16.6 Å². The maximum atomic E-state index is 14.7. The number of aryl methyl sites for hydroxylation is 2. The topological polar surface area (TPSA) is 142 Å². The van der Waals surface area contributed by atoms with E-state index in [-0.39, 0.29) is 10.4 Å². The Morgan fingerprint density at radius 1 is 1.16 bits per heavy atom. The van der Waals surface area contributed by atoms with Gasteiger partial charge in [0.25, 0.3) is 5.91 Å². The first-order valence-corrected chi connectivity index (χ1v) is 10.5. The number of rotatable bonds is 6. The number of aliphatic hydroxyl groups excluding tert-OH is 1. The van der Waals surface area contributed by atoms with Gasteiger partial charge in [-0.25, -0.2) is 17.2 Å². The van der Waals surface area contributed by atoms with Gasteiger partial charge in [0.2, 0.25) is 15.7 Å². The largest absolute Gasteiger partial charge is 0.394 e. The molecule has 0 fully saturated rings. The lowest BCUT2D eigenvalue weighted by Crippen LogP contribution is -2.47. The first-order chi connectivity index (χ1) is 14.5. The summed E-state index contributed by atoms with van der Waals surface area (Å²) in [6.45, 7) is 2.48. The number of aliphatic hydroxyl groups is 1. The van der Waals surface area contributed by atoms with E-state index >= 15 is 0 Å². The summed E-state index contributed by atoms with van der Waals surface area (Å²) < 4.78 is 55.6. The van der Waals surface area contributed by atoms with E-state index in [4.69, 9.17) is 5.73 Å². The molecule has 31 heavy (non-hydrogen) atoms. The van der Waals surface area contributed by atoms with Crippen molar-refractivity contribution < 1.29 is 31.9 Å². The molecule has 0 aliphatic rings. The third-order valence-corrected chi connectivity index (χ3v) is 6.44. The molecule has 0 saturated carbocycles. The summed E-state index contributed by atoms with van der Waals surface area (Å²) in [5.74, 6) is -4.97. The van der Waals surface area contributed by atoms with Gasteiger partial charge in [-0.1, -0.05) is 6.07 Å². The molecule has 11 heteroatoms. The van der Waals surface area contributed by atoms with E-state index in [1.54, 1.807) is 19.9 Å². The van der Waals surface area contributed by atoms with Crippen LogP contribution in [0.1, 0.15) is 21.6 Å². The minimum atomic E-state index is -4.52. The van der Waals surface area contributed by atoms with Gasteiger partial charge in [0.15, 0.2) is 11.6 Å². The van der Waals surface area contributed by atoms with Crippen molar-refractivity contribution in [3.8, 4) is 0 Å². The molecule has 2 aromatic carbocycles. The molecule has 164 valence electrons. The Balaban J connectivity index is 2.32. The van der Waals surface area contributed by atoms with E-state index in [0.29, 0.717) is 11.1 Å². The summed E-state index contributed by atoms with van der Waals surface area (Å²) >= 11 is 0. The van der Waals surface area contributed by atoms with E-state index in [1.807, 2.05) is 0 Å². The maximum Gasteiger partial charge on any atom is 0.269 e. The van der Waals surface area contributed by atoms with E-state index in [0.717, 1.165) is 12.1 Å². The summed E-state index contributed by atoms with van der Waals surface area (Å²) in [4.78, 5) is 25.6. The minimum Gasteiger partial charge on any atom is -0.394 e. The molecule has 5 N–H and O–H groups in total. The third kappa shape index (κ3) is 4.01. The van der Waals surface area contributed by atoms with Crippen molar-refractivity contribution in [2.75, 3.05) is 6.61 Å². The molecule has 1 unspecified atom stereocenters. The zero-order chi connectivity index (χ0) is 23.1. The maximum absolute atomic E-state index is 14.7. The fraction of sp³-hybridized carbons (Fsp3) is 0.200. The highest BCUT2D eigenvalue weighted by atomic mass is 32.2. The predicted molar refractivity (Wildman–Crippen MR) is 107 cm³/mol. The van der Waals surface area contributed by atoms with E-state index in [2.05, 4.69) is 10.3 Å². The van der Waals surface area contributed by atoms with Crippen LogP contribution in [0.5, 0.6) is 0 Å². The number of aromatic amines is 1. The second-order valence-corrected chi connectivity index (χ2v) is 8.94. The Morgan fingerprint density at radius 3 is 2.32 bits per heavy atom. The van der Waals surface area contributed by atoms with Crippen LogP contribution in [0.4, 0.5) is 8.78 Å². The first-order valence-electron chi connectivity index (χ1n) is 9.01. The number of nitrogens with two attached hydrogens (primary N) is 1. The van der Waals surface area contributed by atoms with Crippen molar-refractivity contribution in [1.29, 1.82) is 0 Å². The Bertz CT molecular complexity index is 1300. The molecule has 1 heterocycles. The number of amides is 2. The number of hydrogen-bond acceptors (Lipinski definition) is 5. The van der Waals surface area contributed by atoms with Crippen molar-refractivity contribution in [3.63, 3.8) is 0 Å². The lowest BCUT2D eigenvalue weighted by Gasteiger charge is -2.13. The summed E-state index contributed by atoms with van der Waals surface area (Å²) in [5.41, 5.74) is 5.52. The van der Waals surface area contributed by atoms with Gasteiger partial charge in [-0.15, -0.1) is 0 Å². The zero-order valence-electron chi connectivity index (χ0n) is 16.5. The van der Waals surface area contributed by atoms with Crippen molar-refractivity contribution in [3.05, 3.63) is 58.8 Å². The van der Waals surface area contributed by atoms with Crippen molar-refractivity contribution in [1.82, 2.24) is 10.3 Å². The van der Waals surface area contributed by atoms with Gasteiger partial charge in [-0.2, -0.15) is 0 Å². The predicted octanol–water partition coefficient (Wildman–Crippen LogP) is 1.47. The number of nitrogens with one attached hydrogen (secondary N) is 2. The molecule has 2 amide bonds. The highest BCUT2D eigenvalue weighted by molar-refractivity contribution is 7.91. The van der Waals surface area contributed by atoms with Crippen LogP contribution in [0, 0.1) is 25.5 Å². The van der Waals surface area contributed by atoms with Crippen molar-refractivity contribution >= 4 is 32.6 Å². The molecule has 0 saturated heterocycles. The van der Waals surface area contributed by atoms with Crippen LogP contribution in [0.25, 0.3) is 10.9 Å². The van der Waals surface area contributed by atoms with Crippen LogP contribution in [0.2, 0.25) is 0 Å². The van der Waals surface area contributed by atoms with E-state index < -0.39 is 61.9 Å². The fourth-order valence-corrected chi connectivity index (χ4v) is 5.06. The number of carbonyl (C=O) groups is 2. The van der Waals surface area contributed by atoms with Crippen LogP contribution >= 0.6 is 0 Å². The van der Waals surface area contributed by atoms with Gasteiger partial charge < -0.3 is 21.1 Å². The number of aromatic nitrogens is 1. The van der Waals surface area contributed by atoms with Crippen LogP contribution < -0.4 is 11.1 Å². The Labute approximate surface area is 176 Å². The zero-order valence-corrected chi connectivity index (χ0v) is 17.3. The molecular formula is C20H19F2N3O5S. The average Bonchev–Trinajstić information content (AvgIpc) is 3.09. The fourth-order valence-electron chi connectivity index (χ4n) is 3.26. The second-order valence-electron chi connectivity index (χ2n) is 7.05. The van der Waals surface area contributed by atoms with Crippen molar-refractivity contribution in [2.24, 2.45) is 5.73 Å². The van der Waals surface area contributed by atoms with Crippen molar-refractivity contribution in [2.45, 2.75) is 29.7 Å². The number of primary amides is 1. The van der Waals surface area contributed by atoms with Crippen LogP contribution in [-0.4, -0.2) is 43.0 Å². The molecule has 8 nitrogen and oxygen atoms in total. The number of benzene rings is 2. The minimum absolute atomic E-state index is 0.147. The molecule has 1 atom stereocenters. The molecule has 0 spiro atoms. The normalized spacial score (nSPS) is 12.7. The number of carbonyl (C=O) groups excluding carboxylic acids is 2. The molecule has 1 aromatic heterocycles. The van der Waals surface area contributed by atoms with Crippen LogP contribution in [0.3, 0.4) is 0 Å². The number of sulfone groups is 1. The monoisotopic (exact) mass is 451 g/mol. The highest BCUT2D eigenvalue weighted by Gasteiger charge is 2.33. The van der Waals surface area contributed by atoms with E-state index in [9.17, 15) is 31.9 Å². The van der Waals surface area contributed by atoms with Gasteiger partial charge in [-0.3, -0.25) is 9.59 Å². The Kier molecular flexibility index (Phi) is 5.83. The van der Waals surface area contributed by atoms with Crippen LogP contribution in [0.15, 0.2) is 40.1 Å². The number of H-pyrrole nitrogens is 1. The molecule has 3 rings (SSSR count). The molecule has 0 radical (unpaired) electrons. The lowest BCUT2D eigenvalue weighted by molar-refractivity contribution is -0.120. The second kappa shape index (κ2) is 8.08. The van der Waals surface area contributed by atoms with Crippen LogP contribution in [-0.2, 0) is 14.6 Å².